The van der Waals surface area contributed by atoms with Crippen molar-refractivity contribution in [1.29, 1.82) is 0 Å². The fraction of sp³-hybridized carbons (Fsp3) is 0.846. The fourth-order valence-electron chi connectivity index (χ4n) is 2.06. The van der Waals surface area contributed by atoms with Crippen LogP contribution in [0.1, 0.15) is 20.3 Å². The summed E-state index contributed by atoms with van der Waals surface area (Å²) in [4.78, 5) is 1.98. The molecule has 2 N–H and O–H groups in total. The van der Waals surface area contributed by atoms with Crippen LogP contribution < -0.4 is 10.6 Å². The second-order valence-corrected chi connectivity index (χ2v) is 4.28. The molecule has 0 aromatic rings. The van der Waals surface area contributed by atoms with Crippen molar-refractivity contribution in [1.82, 2.24) is 15.5 Å². The summed E-state index contributed by atoms with van der Waals surface area (Å²) in [7, 11) is 0. The fourth-order valence-corrected chi connectivity index (χ4v) is 2.06. The van der Waals surface area contributed by atoms with E-state index in [1.807, 2.05) is 18.7 Å². The van der Waals surface area contributed by atoms with Crippen LogP contribution in [0.2, 0.25) is 0 Å². The van der Waals surface area contributed by atoms with Crippen LogP contribution in [0.4, 0.5) is 0 Å². The van der Waals surface area contributed by atoms with E-state index in [1.54, 1.807) is 0 Å². The predicted molar refractivity (Wildman–Crippen MR) is 69.1 cm³/mol. The molecule has 2 atom stereocenters. The van der Waals surface area contributed by atoms with Crippen LogP contribution in [-0.2, 0) is 0 Å². The molecule has 3 fully saturated rings. The molecule has 3 rings (SSSR count). The maximum Gasteiger partial charge on any atom is 0.0386 e. The first-order valence-electron chi connectivity index (χ1n) is 6.53. The van der Waals surface area contributed by atoms with Crippen molar-refractivity contribution in [2.75, 3.05) is 39.3 Å². The molecule has 1 saturated carbocycles. The monoisotopic (exact) mass is 223 g/mol. The molecule has 0 radical (unpaired) electrons. The molecule has 0 amide bonds. The second kappa shape index (κ2) is 7.54. The summed E-state index contributed by atoms with van der Waals surface area (Å²) in [6.07, 6.45) is 6.67. The Labute approximate surface area is 100.0 Å². The molecule has 2 aliphatic heterocycles. The third kappa shape index (κ3) is 4.42. The Morgan fingerprint density at radius 3 is 1.88 bits per heavy atom. The van der Waals surface area contributed by atoms with E-state index in [0.29, 0.717) is 0 Å². The highest BCUT2D eigenvalue weighted by Crippen LogP contribution is 2.40. The molecule has 0 aromatic heterocycles. The number of piperidine rings is 1. The summed E-state index contributed by atoms with van der Waals surface area (Å²) in [6.45, 7) is 10.7. The predicted octanol–water partition coefficient (Wildman–Crippen LogP) is 0.734. The number of nitrogens with zero attached hydrogens (tertiary/aromatic N) is 1. The van der Waals surface area contributed by atoms with Crippen molar-refractivity contribution >= 4 is 0 Å². The minimum atomic E-state index is 0.997. The van der Waals surface area contributed by atoms with Crippen LogP contribution in [0.3, 0.4) is 0 Å². The summed E-state index contributed by atoms with van der Waals surface area (Å²) in [5, 5.41) is 6.53. The Kier molecular flexibility index (Phi) is 6.29. The van der Waals surface area contributed by atoms with Gasteiger partial charge in [0, 0.05) is 32.2 Å². The van der Waals surface area contributed by atoms with E-state index in [0.717, 1.165) is 38.0 Å². The zero-order valence-electron chi connectivity index (χ0n) is 10.6. The Morgan fingerprint density at radius 2 is 1.62 bits per heavy atom. The lowest BCUT2D eigenvalue weighted by Crippen LogP contribution is -2.40. The number of terminal acetylenes is 1. The van der Waals surface area contributed by atoms with Gasteiger partial charge < -0.3 is 15.5 Å². The van der Waals surface area contributed by atoms with Gasteiger partial charge in [0.2, 0.25) is 0 Å². The number of rotatable bonds is 0. The first-order chi connectivity index (χ1) is 7.90. The van der Waals surface area contributed by atoms with E-state index >= 15 is 0 Å². The third-order valence-corrected chi connectivity index (χ3v) is 3.18. The molecule has 0 spiro atoms. The van der Waals surface area contributed by atoms with Crippen LogP contribution in [0.15, 0.2) is 0 Å². The summed E-state index contributed by atoms with van der Waals surface area (Å²) < 4.78 is 0. The van der Waals surface area contributed by atoms with Crippen LogP contribution in [0.25, 0.3) is 0 Å². The topological polar surface area (TPSA) is 27.3 Å². The van der Waals surface area contributed by atoms with E-state index < -0.39 is 0 Å². The lowest BCUT2D eigenvalue weighted by molar-refractivity contribution is 0.342. The van der Waals surface area contributed by atoms with Crippen molar-refractivity contribution < 1.29 is 0 Å². The normalized spacial score (nSPS) is 29.9. The molecular formula is C13H25N3. The van der Waals surface area contributed by atoms with Gasteiger partial charge in [0.05, 0.1) is 0 Å². The van der Waals surface area contributed by atoms with Crippen molar-refractivity contribution in [2.45, 2.75) is 20.3 Å². The summed E-state index contributed by atoms with van der Waals surface area (Å²) in [5.41, 5.74) is 0. The Bertz CT molecular complexity index is 208. The largest absolute Gasteiger partial charge is 0.330 e. The highest BCUT2D eigenvalue weighted by molar-refractivity contribution is 4.94. The van der Waals surface area contributed by atoms with Gasteiger partial charge in [0.1, 0.15) is 0 Å². The minimum absolute atomic E-state index is 0.997. The molecule has 1 aliphatic carbocycles. The first kappa shape index (κ1) is 13.3. The summed E-state index contributed by atoms with van der Waals surface area (Å²) in [5.74, 6) is 2.20. The average Bonchev–Trinajstić information content (AvgIpc) is 3.00. The Hall–Kier alpha value is -0.720. The quantitative estimate of drug-likeness (QED) is 0.593. The third-order valence-electron chi connectivity index (χ3n) is 3.18. The van der Waals surface area contributed by atoms with E-state index in [-0.39, 0.29) is 0 Å². The maximum atomic E-state index is 5.15. The van der Waals surface area contributed by atoms with Crippen LogP contribution in [-0.4, -0.2) is 44.2 Å². The van der Waals surface area contributed by atoms with Crippen molar-refractivity contribution in [3.63, 3.8) is 0 Å². The highest BCUT2D eigenvalue weighted by atomic mass is 15.2. The number of hydrogen-bond donors (Lipinski definition) is 2. The Balaban J connectivity index is 0.000000142. The highest BCUT2D eigenvalue weighted by Gasteiger charge is 2.40. The number of fused-ring (bicyclic) bond motifs is 1. The van der Waals surface area contributed by atoms with Gasteiger partial charge in [0.15, 0.2) is 0 Å². The summed E-state index contributed by atoms with van der Waals surface area (Å²) in [6, 6.07) is 2.60. The zero-order chi connectivity index (χ0) is 11.8. The minimum Gasteiger partial charge on any atom is -0.330 e. The van der Waals surface area contributed by atoms with E-state index in [1.165, 1.54) is 19.5 Å². The lowest BCUT2D eigenvalue weighted by atomic mass is 10.4. The molecule has 92 valence electrons. The van der Waals surface area contributed by atoms with E-state index in [9.17, 15) is 0 Å². The molecule has 2 saturated heterocycles. The number of nitrogens with one attached hydrogen (secondary N) is 2. The van der Waals surface area contributed by atoms with Crippen molar-refractivity contribution in [3.8, 4) is 12.5 Å². The molecule has 3 aliphatic rings. The van der Waals surface area contributed by atoms with Gasteiger partial charge in [-0.2, -0.15) is 0 Å². The molecular weight excluding hydrogens is 198 g/mol. The SMILES string of the molecule is C#CN1CCNCC1.C1NC[C@H]2C[C@@H]12.CC. The van der Waals surface area contributed by atoms with Crippen LogP contribution >= 0.6 is 0 Å². The van der Waals surface area contributed by atoms with Gasteiger partial charge in [-0.1, -0.05) is 20.3 Å². The van der Waals surface area contributed by atoms with E-state index in [2.05, 4.69) is 16.7 Å². The van der Waals surface area contributed by atoms with Crippen LogP contribution in [0, 0.1) is 24.3 Å². The first-order valence-corrected chi connectivity index (χ1v) is 6.53. The standard InChI is InChI=1S/C6H10N2.C5H9N.C2H6/c1-2-8-5-3-7-4-6-8;1-4-2-6-3-5(1)4;1-2/h1,7H,3-6H2;4-6H,1-3H2;1-2H3/t;4-,5+;. The van der Waals surface area contributed by atoms with Gasteiger partial charge in [-0.3, -0.25) is 0 Å². The lowest BCUT2D eigenvalue weighted by Gasteiger charge is -2.22. The molecule has 0 aromatic carbocycles. The van der Waals surface area contributed by atoms with Crippen LogP contribution in [0.5, 0.6) is 0 Å². The molecule has 0 bridgehead atoms. The van der Waals surface area contributed by atoms with Crippen molar-refractivity contribution in [3.05, 3.63) is 0 Å². The van der Waals surface area contributed by atoms with Gasteiger partial charge in [-0.15, -0.1) is 0 Å². The van der Waals surface area contributed by atoms with Gasteiger partial charge >= 0.3 is 0 Å². The maximum absolute atomic E-state index is 5.15. The molecule has 3 nitrogen and oxygen atoms in total. The number of piperazine rings is 1. The molecule has 16 heavy (non-hydrogen) atoms. The van der Waals surface area contributed by atoms with Gasteiger partial charge in [0.25, 0.3) is 0 Å². The van der Waals surface area contributed by atoms with Gasteiger partial charge in [-0.25, -0.2) is 0 Å². The van der Waals surface area contributed by atoms with Crippen molar-refractivity contribution in [2.24, 2.45) is 11.8 Å². The smallest absolute Gasteiger partial charge is 0.0386 e. The second-order valence-electron chi connectivity index (χ2n) is 4.28. The Morgan fingerprint density at radius 1 is 1.06 bits per heavy atom. The zero-order valence-corrected chi connectivity index (χ0v) is 10.6. The number of hydrogen-bond acceptors (Lipinski definition) is 3. The van der Waals surface area contributed by atoms with E-state index in [4.69, 9.17) is 6.42 Å². The van der Waals surface area contributed by atoms with Gasteiger partial charge in [-0.05, 0) is 31.3 Å². The molecule has 0 unspecified atom stereocenters. The average molecular weight is 223 g/mol. The summed E-state index contributed by atoms with van der Waals surface area (Å²) >= 11 is 0. The molecule has 3 heteroatoms. The molecule has 2 heterocycles.